The van der Waals surface area contributed by atoms with Gasteiger partial charge in [0.1, 0.15) is 6.10 Å². The molecule has 2 aromatic heterocycles. The second-order valence-electron chi connectivity index (χ2n) is 3.67. The minimum absolute atomic E-state index is 0.513. The highest BCUT2D eigenvalue weighted by Crippen LogP contribution is 2.22. The maximum atomic E-state index is 10.2. The average molecular weight is 246 g/mol. The van der Waals surface area contributed by atoms with Gasteiger partial charge in [0.05, 0.1) is 14.2 Å². The Morgan fingerprint density at radius 1 is 0.889 bits per heavy atom. The predicted molar refractivity (Wildman–Crippen MR) is 65.6 cm³/mol. The molecule has 0 amide bonds. The molecule has 0 fully saturated rings. The molecule has 0 atom stereocenters. The zero-order valence-corrected chi connectivity index (χ0v) is 10.2. The summed E-state index contributed by atoms with van der Waals surface area (Å²) < 4.78 is 9.93. The molecular weight excluding hydrogens is 232 g/mol. The zero-order chi connectivity index (χ0) is 13.0. The summed E-state index contributed by atoms with van der Waals surface area (Å²) in [5.41, 5.74) is 1.37. The molecule has 2 aromatic rings. The lowest BCUT2D eigenvalue weighted by Crippen LogP contribution is -2.01. The molecule has 0 saturated carbocycles. The molecule has 0 bridgehead atoms. The molecule has 5 heteroatoms. The Morgan fingerprint density at radius 3 is 1.61 bits per heavy atom. The van der Waals surface area contributed by atoms with Gasteiger partial charge in [-0.2, -0.15) is 0 Å². The number of ether oxygens (including phenoxy) is 2. The van der Waals surface area contributed by atoms with Crippen LogP contribution in [0.3, 0.4) is 0 Å². The third-order valence-corrected chi connectivity index (χ3v) is 2.57. The fourth-order valence-corrected chi connectivity index (χ4v) is 1.54. The summed E-state index contributed by atoms with van der Waals surface area (Å²) in [6.45, 7) is 0. The van der Waals surface area contributed by atoms with Crippen molar-refractivity contribution < 1.29 is 14.6 Å². The molecule has 94 valence electrons. The second-order valence-corrected chi connectivity index (χ2v) is 3.67. The maximum absolute atomic E-state index is 10.2. The van der Waals surface area contributed by atoms with Gasteiger partial charge in [0.2, 0.25) is 11.8 Å². The molecule has 2 heterocycles. The van der Waals surface area contributed by atoms with E-state index in [9.17, 15) is 5.11 Å². The van der Waals surface area contributed by atoms with E-state index in [1.165, 1.54) is 0 Å². The average Bonchev–Trinajstić information content (AvgIpc) is 2.47. The van der Waals surface area contributed by atoms with Gasteiger partial charge in [0.15, 0.2) is 0 Å². The smallest absolute Gasteiger partial charge is 0.212 e. The molecule has 0 spiro atoms. The van der Waals surface area contributed by atoms with Crippen molar-refractivity contribution in [2.24, 2.45) is 0 Å². The number of nitrogens with zero attached hydrogens (tertiary/aromatic N) is 2. The van der Waals surface area contributed by atoms with Crippen molar-refractivity contribution in [3.05, 3.63) is 47.8 Å². The molecule has 0 unspecified atom stereocenters. The third kappa shape index (κ3) is 2.57. The van der Waals surface area contributed by atoms with Crippen LogP contribution >= 0.6 is 0 Å². The lowest BCUT2D eigenvalue weighted by atomic mass is 10.1. The van der Waals surface area contributed by atoms with Crippen LogP contribution in [0.15, 0.2) is 36.7 Å². The Balaban J connectivity index is 2.20. The number of aliphatic hydroxyl groups is 1. The molecule has 0 aromatic carbocycles. The molecule has 0 saturated heterocycles. The van der Waals surface area contributed by atoms with Gasteiger partial charge in [-0.15, -0.1) is 0 Å². The van der Waals surface area contributed by atoms with Crippen molar-refractivity contribution in [1.82, 2.24) is 9.97 Å². The first-order chi connectivity index (χ1) is 8.74. The van der Waals surface area contributed by atoms with E-state index in [1.807, 2.05) is 0 Å². The number of pyridine rings is 2. The fourth-order valence-electron chi connectivity index (χ4n) is 1.54. The van der Waals surface area contributed by atoms with Crippen LogP contribution in [0.25, 0.3) is 0 Å². The van der Waals surface area contributed by atoms with Crippen molar-refractivity contribution in [2.45, 2.75) is 6.10 Å². The van der Waals surface area contributed by atoms with Gasteiger partial charge < -0.3 is 14.6 Å². The summed E-state index contributed by atoms with van der Waals surface area (Å²) in [7, 11) is 3.09. The lowest BCUT2D eigenvalue weighted by molar-refractivity contribution is 0.219. The highest BCUT2D eigenvalue weighted by molar-refractivity contribution is 5.29. The number of aliphatic hydroxyl groups excluding tert-OH is 1. The summed E-state index contributed by atoms with van der Waals surface area (Å²) >= 11 is 0. The van der Waals surface area contributed by atoms with Crippen LogP contribution in [0, 0.1) is 0 Å². The summed E-state index contributed by atoms with van der Waals surface area (Å²) in [6, 6.07) is 6.94. The Morgan fingerprint density at radius 2 is 1.33 bits per heavy atom. The van der Waals surface area contributed by atoms with E-state index in [2.05, 4.69) is 9.97 Å². The van der Waals surface area contributed by atoms with Gasteiger partial charge in [-0.25, -0.2) is 9.97 Å². The van der Waals surface area contributed by atoms with Crippen LogP contribution in [-0.4, -0.2) is 29.3 Å². The molecule has 5 nitrogen and oxygen atoms in total. The largest absolute Gasteiger partial charge is 0.481 e. The first-order valence-corrected chi connectivity index (χ1v) is 5.42. The fraction of sp³-hybridized carbons (Fsp3) is 0.231. The van der Waals surface area contributed by atoms with E-state index >= 15 is 0 Å². The van der Waals surface area contributed by atoms with Crippen molar-refractivity contribution in [3.8, 4) is 11.8 Å². The van der Waals surface area contributed by atoms with Crippen molar-refractivity contribution >= 4 is 0 Å². The molecule has 0 radical (unpaired) electrons. The van der Waals surface area contributed by atoms with Crippen LogP contribution in [0.5, 0.6) is 11.8 Å². The number of hydrogen-bond donors (Lipinski definition) is 1. The summed E-state index contributed by atoms with van der Waals surface area (Å²) in [5, 5.41) is 10.2. The topological polar surface area (TPSA) is 64.5 Å². The van der Waals surface area contributed by atoms with E-state index in [4.69, 9.17) is 9.47 Å². The van der Waals surface area contributed by atoms with Gasteiger partial charge in [0, 0.05) is 35.7 Å². The summed E-state index contributed by atoms with van der Waals surface area (Å²) in [5.74, 6) is 1.03. The predicted octanol–water partition coefficient (Wildman–Crippen LogP) is 1.58. The van der Waals surface area contributed by atoms with Crippen LogP contribution < -0.4 is 9.47 Å². The van der Waals surface area contributed by atoms with E-state index in [0.717, 1.165) is 0 Å². The third-order valence-electron chi connectivity index (χ3n) is 2.57. The SMILES string of the molecule is COc1ccc(C(O)c2ccc(OC)nc2)cn1. The van der Waals surface area contributed by atoms with Gasteiger partial charge in [-0.1, -0.05) is 0 Å². The first-order valence-electron chi connectivity index (χ1n) is 5.42. The highest BCUT2D eigenvalue weighted by atomic mass is 16.5. The van der Waals surface area contributed by atoms with Crippen LogP contribution in [-0.2, 0) is 0 Å². The van der Waals surface area contributed by atoms with Gasteiger partial charge >= 0.3 is 0 Å². The molecule has 18 heavy (non-hydrogen) atoms. The van der Waals surface area contributed by atoms with Gasteiger partial charge in [-0.05, 0) is 12.1 Å². The van der Waals surface area contributed by atoms with Crippen LogP contribution in [0.2, 0.25) is 0 Å². The van der Waals surface area contributed by atoms with E-state index in [0.29, 0.717) is 22.9 Å². The highest BCUT2D eigenvalue weighted by Gasteiger charge is 2.11. The second kappa shape index (κ2) is 5.46. The number of methoxy groups -OCH3 is 2. The minimum atomic E-state index is -0.762. The first kappa shape index (κ1) is 12.3. The van der Waals surface area contributed by atoms with Crippen LogP contribution in [0.1, 0.15) is 17.2 Å². The molecule has 0 aliphatic rings. The van der Waals surface area contributed by atoms with Crippen molar-refractivity contribution in [1.29, 1.82) is 0 Å². The lowest BCUT2D eigenvalue weighted by Gasteiger charge is -2.11. The van der Waals surface area contributed by atoms with Crippen LogP contribution in [0.4, 0.5) is 0 Å². The van der Waals surface area contributed by atoms with E-state index in [-0.39, 0.29) is 0 Å². The standard InChI is InChI=1S/C13H14N2O3/c1-17-11-5-3-9(7-14-11)13(16)10-4-6-12(18-2)15-8-10/h3-8,13,16H,1-2H3. The molecule has 1 N–H and O–H groups in total. The maximum Gasteiger partial charge on any atom is 0.212 e. The number of aromatic nitrogens is 2. The summed E-state index contributed by atoms with van der Waals surface area (Å²) in [4.78, 5) is 8.10. The number of rotatable bonds is 4. The Hall–Kier alpha value is -2.14. The van der Waals surface area contributed by atoms with Gasteiger partial charge in [-0.3, -0.25) is 0 Å². The Kier molecular flexibility index (Phi) is 3.74. The van der Waals surface area contributed by atoms with E-state index < -0.39 is 6.10 Å². The molecule has 0 aliphatic heterocycles. The zero-order valence-electron chi connectivity index (χ0n) is 10.2. The molecule has 0 aliphatic carbocycles. The van der Waals surface area contributed by atoms with E-state index in [1.54, 1.807) is 50.9 Å². The molecule has 2 rings (SSSR count). The summed E-state index contributed by atoms with van der Waals surface area (Å²) in [6.07, 6.45) is 2.39. The number of hydrogen-bond acceptors (Lipinski definition) is 5. The minimum Gasteiger partial charge on any atom is -0.481 e. The van der Waals surface area contributed by atoms with Gasteiger partial charge in [0.25, 0.3) is 0 Å². The quantitative estimate of drug-likeness (QED) is 0.887. The normalized spacial score (nSPS) is 10.4. The van der Waals surface area contributed by atoms with Crippen molar-refractivity contribution in [2.75, 3.05) is 14.2 Å². The Bertz CT molecular complexity index is 449. The molecular formula is C13H14N2O3. The monoisotopic (exact) mass is 246 g/mol. The van der Waals surface area contributed by atoms with Crippen molar-refractivity contribution in [3.63, 3.8) is 0 Å². The Labute approximate surface area is 105 Å².